The zero-order chi connectivity index (χ0) is 27.2. The number of nitrogens with zero attached hydrogens (tertiary/aromatic N) is 4. The third-order valence-electron chi connectivity index (χ3n) is 5.98. The van der Waals surface area contributed by atoms with Crippen molar-refractivity contribution in [2.24, 2.45) is 5.73 Å². The number of fused-ring (bicyclic) bond motifs is 1. The molecule has 11 nitrogen and oxygen atoms in total. The van der Waals surface area contributed by atoms with Crippen molar-refractivity contribution in [3.8, 4) is 5.75 Å². The van der Waals surface area contributed by atoms with Crippen molar-refractivity contribution in [2.75, 3.05) is 26.0 Å². The lowest BCUT2D eigenvalue weighted by Crippen LogP contribution is -2.37. The lowest BCUT2D eigenvalue weighted by molar-refractivity contribution is 0.0997. The Morgan fingerprint density at radius 1 is 1.18 bits per heavy atom. The molecule has 198 valence electrons. The van der Waals surface area contributed by atoms with Crippen LogP contribution >= 0.6 is 11.5 Å². The van der Waals surface area contributed by atoms with E-state index in [0.717, 1.165) is 5.56 Å². The van der Waals surface area contributed by atoms with E-state index in [2.05, 4.69) is 20.0 Å². The second-order valence-corrected chi connectivity index (χ2v) is 9.32. The first-order valence-corrected chi connectivity index (χ1v) is 12.8. The number of benzene rings is 2. The molecule has 38 heavy (non-hydrogen) atoms. The molecule has 4 rings (SSSR count). The summed E-state index contributed by atoms with van der Waals surface area (Å²) in [4.78, 5) is 43.5. The van der Waals surface area contributed by atoms with Crippen LogP contribution in [0.5, 0.6) is 5.75 Å². The predicted molar refractivity (Wildman–Crippen MR) is 146 cm³/mol. The van der Waals surface area contributed by atoms with Crippen molar-refractivity contribution in [3.63, 3.8) is 0 Å². The molecule has 2 aromatic carbocycles. The number of rotatable bonds is 10. The maximum Gasteiger partial charge on any atom is 0.317 e. The molecule has 0 saturated carbocycles. The summed E-state index contributed by atoms with van der Waals surface area (Å²) in [6.07, 6.45) is 0.541. The van der Waals surface area contributed by atoms with Gasteiger partial charge in [0.25, 0.3) is 5.91 Å². The van der Waals surface area contributed by atoms with Gasteiger partial charge in [-0.25, -0.2) is 9.78 Å². The van der Waals surface area contributed by atoms with Crippen LogP contribution in [0.3, 0.4) is 0 Å². The Balaban J connectivity index is 1.52. The minimum Gasteiger partial charge on any atom is -0.494 e. The molecule has 2 heterocycles. The summed E-state index contributed by atoms with van der Waals surface area (Å²) in [6, 6.07) is 12.6. The molecule has 4 aromatic rings. The zero-order valence-corrected chi connectivity index (χ0v) is 22.2. The molecule has 0 fully saturated rings. The number of nitrogens with two attached hydrogens (primary N) is 1. The number of carbonyl (C=O) groups is 3. The highest BCUT2D eigenvalue weighted by molar-refractivity contribution is 7.04. The van der Waals surface area contributed by atoms with Crippen LogP contribution in [0.1, 0.15) is 38.4 Å². The fourth-order valence-electron chi connectivity index (χ4n) is 4.02. The summed E-state index contributed by atoms with van der Waals surface area (Å²) in [6.45, 7) is 3.04. The number of amides is 4. The number of imidazole rings is 1. The number of ether oxygens (including phenoxy) is 1. The highest BCUT2D eigenvalue weighted by atomic mass is 32.1. The summed E-state index contributed by atoms with van der Waals surface area (Å²) >= 11 is 1.19. The Kier molecular flexibility index (Phi) is 8.22. The quantitative estimate of drug-likeness (QED) is 0.266. The normalized spacial score (nSPS) is 10.8. The van der Waals surface area contributed by atoms with Crippen LogP contribution in [0.15, 0.2) is 47.8 Å². The molecule has 0 aliphatic heterocycles. The van der Waals surface area contributed by atoms with E-state index in [1.807, 2.05) is 30.3 Å². The number of carbonyl (C=O) groups excluding carboxylic acids is 3. The standard InChI is InChI=1S/C26H29N7O4S/c1-16-19(15-38-31-16)24(35)30-25-29-20-12-18(23(27)34)13-21(37-3)22(20)33(25)11-7-10-28-26(36)32(2)14-17-8-5-4-6-9-17/h4-6,8-9,12-13,15H,7,10-11,14H2,1-3H3,(H2,27,34)(H,28,36)(H,29,30,35). The van der Waals surface area contributed by atoms with Gasteiger partial charge >= 0.3 is 6.03 Å². The molecule has 12 heteroatoms. The Labute approximate surface area is 223 Å². The monoisotopic (exact) mass is 535 g/mol. The molecule has 4 N–H and O–H groups in total. The second-order valence-electron chi connectivity index (χ2n) is 8.69. The molecule has 2 aromatic heterocycles. The predicted octanol–water partition coefficient (Wildman–Crippen LogP) is 3.39. The van der Waals surface area contributed by atoms with E-state index in [1.165, 1.54) is 18.6 Å². The van der Waals surface area contributed by atoms with E-state index in [1.54, 1.807) is 41.0 Å². The molecule has 0 atom stereocenters. The number of anilines is 1. The first-order valence-electron chi connectivity index (χ1n) is 11.9. The molecular weight excluding hydrogens is 506 g/mol. The number of hydrogen-bond acceptors (Lipinski definition) is 7. The average molecular weight is 536 g/mol. The summed E-state index contributed by atoms with van der Waals surface area (Å²) in [5.74, 6) is -0.294. The van der Waals surface area contributed by atoms with Gasteiger partial charge in [-0.05, 0) is 42.6 Å². The van der Waals surface area contributed by atoms with Gasteiger partial charge in [-0.1, -0.05) is 30.3 Å². The highest BCUT2D eigenvalue weighted by Crippen LogP contribution is 2.31. The van der Waals surface area contributed by atoms with Crippen LogP contribution in [0, 0.1) is 6.92 Å². The van der Waals surface area contributed by atoms with Crippen LogP contribution in [-0.2, 0) is 13.1 Å². The number of methoxy groups -OCH3 is 1. The Morgan fingerprint density at radius 2 is 1.95 bits per heavy atom. The van der Waals surface area contributed by atoms with Gasteiger partial charge in [-0.2, -0.15) is 4.37 Å². The number of nitrogens with one attached hydrogen (secondary N) is 2. The van der Waals surface area contributed by atoms with Gasteiger partial charge in [-0.3, -0.25) is 14.9 Å². The largest absolute Gasteiger partial charge is 0.494 e. The Hall–Kier alpha value is -4.45. The molecule has 0 bridgehead atoms. The van der Waals surface area contributed by atoms with E-state index in [4.69, 9.17) is 10.5 Å². The molecule has 0 spiro atoms. The van der Waals surface area contributed by atoms with Crippen molar-refractivity contribution in [1.29, 1.82) is 0 Å². The summed E-state index contributed by atoms with van der Waals surface area (Å²) in [5.41, 5.74) is 8.87. The van der Waals surface area contributed by atoms with E-state index < -0.39 is 5.91 Å². The lowest BCUT2D eigenvalue weighted by atomic mass is 10.1. The molecule has 4 amide bonds. The Morgan fingerprint density at radius 3 is 2.61 bits per heavy atom. The molecule has 0 unspecified atom stereocenters. The first-order chi connectivity index (χ1) is 18.3. The third kappa shape index (κ3) is 5.92. The van der Waals surface area contributed by atoms with Crippen LogP contribution in [0.25, 0.3) is 11.0 Å². The average Bonchev–Trinajstić information content (AvgIpc) is 3.49. The van der Waals surface area contributed by atoms with E-state index in [-0.39, 0.29) is 23.5 Å². The van der Waals surface area contributed by atoms with Crippen molar-refractivity contribution >= 4 is 46.4 Å². The highest BCUT2D eigenvalue weighted by Gasteiger charge is 2.21. The van der Waals surface area contributed by atoms with Crippen LogP contribution < -0.4 is 21.1 Å². The number of urea groups is 1. The molecule has 0 saturated heterocycles. The van der Waals surface area contributed by atoms with E-state index >= 15 is 0 Å². The second kappa shape index (κ2) is 11.7. The number of primary amides is 1. The number of aryl methyl sites for hydroxylation is 2. The van der Waals surface area contributed by atoms with Gasteiger partial charge < -0.3 is 25.3 Å². The fourth-order valence-corrected chi connectivity index (χ4v) is 4.71. The fraction of sp³-hybridized carbons (Fsp3) is 0.269. The Bertz CT molecular complexity index is 1470. The first kappa shape index (κ1) is 26.6. The minimum atomic E-state index is -0.618. The van der Waals surface area contributed by atoms with E-state index in [9.17, 15) is 14.4 Å². The molecule has 0 aliphatic carbocycles. The van der Waals surface area contributed by atoms with Crippen molar-refractivity contribution in [3.05, 3.63) is 70.2 Å². The lowest BCUT2D eigenvalue weighted by Gasteiger charge is -2.18. The maximum absolute atomic E-state index is 12.9. The summed E-state index contributed by atoms with van der Waals surface area (Å²) < 4.78 is 11.5. The van der Waals surface area contributed by atoms with Crippen LogP contribution in [-0.4, -0.2) is 57.4 Å². The minimum absolute atomic E-state index is 0.193. The van der Waals surface area contributed by atoms with Crippen molar-refractivity contribution < 1.29 is 19.1 Å². The number of aromatic nitrogens is 3. The summed E-state index contributed by atoms with van der Waals surface area (Å²) in [7, 11) is 3.22. The van der Waals surface area contributed by atoms with Gasteiger partial charge in [-0.15, -0.1) is 0 Å². The number of hydrogen-bond donors (Lipinski definition) is 3. The van der Waals surface area contributed by atoms with Gasteiger partial charge in [0.05, 0.1) is 23.9 Å². The molecular formula is C26H29N7O4S. The van der Waals surface area contributed by atoms with E-state index in [0.29, 0.717) is 54.1 Å². The summed E-state index contributed by atoms with van der Waals surface area (Å²) in [5, 5.41) is 7.44. The van der Waals surface area contributed by atoms with Crippen molar-refractivity contribution in [1.82, 2.24) is 24.1 Å². The SMILES string of the molecule is COc1cc(C(N)=O)cc2nc(NC(=O)c3csnc3C)n(CCCNC(=O)N(C)Cc3ccccc3)c12. The van der Waals surface area contributed by atoms with Gasteiger partial charge in [0, 0.05) is 37.6 Å². The van der Waals surface area contributed by atoms with Gasteiger partial charge in [0.1, 0.15) is 11.3 Å². The zero-order valence-electron chi connectivity index (χ0n) is 21.4. The maximum atomic E-state index is 12.9. The van der Waals surface area contributed by atoms with Gasteiger partial charge in [0.2, 0.25) is 11.9 Å². The molecule has 0 radical (unpaired) electrons. The topological polar surface area (TPSA) is 144 Å². The van der Waals surface area contributed by atoms with Crippen LogP contribution in [0.2, 0.25) is 0 Å². The smallest absolute Gasteiger partial charge is 0.317 e. The van der Waals surface area contributed by atoms with Gasteiger partial charge in [0.15, 0.2) is 0 Å². The molecule has 0 aliphatic rings. The van der Waals surface area contributed by atoms with Crippen molar-refractivity contribution in [2.45, 2.75) is 26.4 Å². The van der Waals surface area contributed by atoms with Crippen LogP contribution in [0.4, 0.5) is 10.7 Å². The third-order valence-corrected chi connectivity index (χ3v) is 6.70.